The summed E-state index contributed by atoms with van der Waals surface area (Å²) in [4.78, 5) is 27.9. The fourth-order valence-electron chi connectivity index (χ4n) is 2.96. The van der Waals surface area contributed by atoms with E-state index < -0.39 is 6.04 Å². The molecule has 0 spiro atoms. The zero-order chi connectivity index (χ0) is 18.4. The van der Waals surface area contributed by atoms with E-state index in [0.717, 1.165) is 31.9 Å². The van der Waals surface area contributed by atoms with E-state index in [2.05, 4.69) is 34.5 Å². The van der Waals surface area contributed by atoms with Crippen LogP contribution in [0.1, 0.15) is 26.3 Å². The lowest BCUT2D eigenvalue weighted by molar-refractivity contribution is -0.136. The second-order valence-electron chi connectivity index (χ2n) is 6.88. The van der Waals surface area contributed by atoms with Crippen molar-refractivity contribution in [1.29, 1.82) is 0 Å². The van der Waals surface area contributed by atoms with Gasteiger partial charge in [0.25, 0.3) is 0 Å². The Morgan fingerprint density at radius 3 is 2.32 bits per heavy atom. The van der Waals surface area contributed by atoms with E-state index in [4.69, 9.17) is 4.74 Å². The van der Waals surface area contributed by atoms with Gasteiger partial charge in [0.1, 0.15) is 6.04 Å². The molecule has 1 aromatic rings. The Morgan fingerprint density at radius 1 is 1.20 bits per heavy atom. The SMILES string of the molecule is CC(=O)NC(C(=O)N(C)Cc1ccc(N2CCOCC2)cc1)C(C)C. The Bertz CT molecular complexity index is 580. The third-order valence-electron chi connectivity index (χ3n) is 4.40. The van der Waals surface area contributed by atoms with Gasteiger partial charge in [-0.1, -0.05) is 26.0 Å². The number of nitrogens with one attached hydrogen (secondary N) is 1. The summed E-state index contributed by atoms with van der Waals surface area (Å²) in [5.74, 6) is -0.208. The Morgan fingerprint density at radius 2 is 1.80 bits per heavy atom. The van der Waals surface area contributed by atoms with Crippen molar-refractivity contribution in [1.82, 2.24) is 10.2 Å². The van der Waals surface area contributed by atoms with E-state index in [1.807, 2.05) is 13.8 Å². The summed E-state index contributed by atoms with van der Waals surface area (Å²) in [6.07, 6.45) is 0. The van der Waals surface area contributed by atoms with Gasteiger partial charge in [0.2, 0.25) is 11.8 Å². The first-order chi connectivity index (χ1) is 11.9. The van der Waals surface area contributed by atoms with Crippen molar-refractivity contribution < 1.29 is 14.3 Å². The fraction of sp³-hybridized carbons (Fsp3) is 0.579. The van der Waals surface area contributed by atoms with Crippen molar-refractivity contribution >= 4 is 17.5 Å². The van der Waals surface area contributed by atoms with E-state index in [-0.39, 0.29) is 17.7 Å². The van der Waals surface area contributed by atoms with Gasteiger partial charge in [-0.2, -0.15) is 0 Å². The molecule has 0 radical (unpaired) electrons. The van der Waals surface area contributed by atoms with E-state index in [0.29, 0.717) is 6.54 Å². The molecule has 1 atom stereocenters. The van der Waals surface area contributed by atoms with E-state index in [9.17, 15) is 9.59 Å². The number of benzene rings is 1. The minimum Gasteiger partial charge on any atom is -0.378 e. The maximum Gasteiger partial charge on any atom is 0.245 e. The van der Waals surface area contributed by atoms with Gasteiger partial charge in [0.15, 0.2) is 0 Å². The molecule has 1 aromatic carbocycles. The fourth-order valence-corrected chi connectivity index (χ4v) is 2.96. The molecule has 0 saturated carbocycles. The largest absolute Gasteiger partial charge is 0.378 e. The number of nitrogens with zero attached hydrogens (tertiary/aromatic N) is 2. The van der Waals surface area contributed by atoms with Crippen LogP contribution in [-0.4, -0.2) is 56.1 Å². The van der Waals surface area contributed by atoms with Gasteiger partial charge in [-0.3, -0.25) is 9.59 Å². The summed E-state index contributed by atoms with van der Waals surface area (Å²) in [5.41, 5.74) is 2.25. The lowest BCUT2D eigenvalue weighted by Crippen LogP contribution is -2.49. The smallest absolute Gasteiger partial charge is 0.245 e. The van der Waals surface area contributed by atoms with Crippen LogP contribution in [0.4, 0.5) is 5.69 Å². The van der Waals surface area contributed by atoms with Gasteiger partial charge in [-0.05, 0) is 23.6 Å². The predicted octanol–water partition coefficient (Wildman–Crippen LogP) is 1.64. The summed E-state index contributed by atoms with van der Waals surface area (Å²) >= 11 is 0. The molecule has 1 saturated heterocycles. The second kappa shape index (κ2) is 8.85. The summed E-state index contributed by atoms with van der Waals surface area (Å²) in [7, 11) is 1.77. The third kappa shape index (κ3) is 5.46. The van der Waals surface area contributed by atoms with Gasteiger partial charge in [0, 0.05) is 39.3 Å². The van der Waals surface area contributed by atoms with Gasteiger partial charge < -0.3 is 19.9 Å². The van der Waals surface area contributed by atoms with Gasteiger partial charge in [-0.25, -0.2) is 0 Å². The van der Waals surface area contributed by atoms with Crippen molar-refractivity contribution in [2.24, 2.45) is 5.92 Å². The van der Waals surface area contributed by atoms with Crippen LogP contribution in [0.3, 0.4) is 0 Å². The first-order valence-corrected chi connectivity index (χ1v) is 8.82. The van der Waals surface area contributed by atoms with Crippen LogP contribution in [0.25, 0.3) is 0 Å². The van der Waals surface area contributed by atoms with Crippen LogP contribution >= 0.6 is 0 Å². The lowest BCUT2D eigenvalue weighted by Gasteiger charge is -2.29. The topological polar surface area (TPSA) is 61.9 Å². The van der Waals surface area contributed by atoms with Gasteiger partial charge in [0.05, 0.1) is 13.2 Å². The molecule has 2 rings (SSSR count). The minimum atomic E-state index is -0.491. The summed E-state index contributed by atoms with van der Waals surface area (Å²) in [5, 5.41) is 2.75. The van der Waals surface area contributed by atoms with Crippen LogP contribution in [-0.2, 0) is 20.9 Å². The normalized spacial score (nSPS) is 15.8. The number of ether oxygens (including phenoxy) is 1. The highest BCUT2D eigenvalue weighted by Crippen LogP contribution is 2.18. The number of likely N-dealkylation sites (N-methyl/N-ethyl adjacent to an activating group) is 1. The molecule has 6 nitrogen and oxygen atoms in total. The molecule has 0 bridgehead atoms. The quantitative estimate of drug-likeness (QED) is 0.850. The van der Waals surface area contributed by atoms with Crippen LogP contribution < -0.4 is 10.2 Å². The Kier molecular flexibility index (Phi) is 6.82. The summed E-state index contributed by atoms with van der Waals surface area (Å²) in [6.45, 7) is 9.16. The monoisotopic (exact) mass is 347 g/mol. The molecule has 1 aliphatic rings. The van der Waals surface area contributed by atoms with Crippen molar-refractivity contribution in [3.63, 3.8) is 0 Å². The lowest BCUT2D eigenvalue weighted by atomic mass is 10.0. The highest BCUT2D eigenvalue weighted by atomic mass is 16.5. The van der Waals surface area contributed by atoms with Crippen molar-refractivity contribution in [3.05, 3.63) is 29.8 Å². The van der Waals surface area contributed by atoms with Crippen LogP contribution in [0.2, 0.25) is 0 Å². The first-order valence-electron chi connectivity index (χ1n) is 8.82. The number of hydrogen-bond donors (Lipinski definition) is 1. The Hall–Kier alpha value is -2.08. The molecular formula is C19H29N3O3. The highest BCUT2D eigenvalue weighted by Gasteiger charge is 2.26. The number of morpholine rings is 1. The van der Waals surface area contributed by atoms with Crippen molar-refractivity contribution in [2.45, 2.75) is 33.4 Å². The van der Waals surface area contributed by atoms with E-state index >= 15 is 0 Å². The molecule has 0 aromatic heterocycles. The molecule has 1 aliphatic heterocycles. The molecule has 1 N–H and O–H groups in total. The standard InChI is InChI=1S/C19H29N3O3/c1-14(2)18(20-15(3)23)19(24)21(4)13-16-5-7-17(8-6-16)22-9-11-25-12-10-22/h5-8,14,18H,9-13H2,1-4H3,(H,20,23). The molecule has 1 heterocycles. The van der Waals surface area contributed by atoms with Gasteiger partial charge in [-0.15, -0.1) is 0 Å². The number of carbonyl (C=O) groups excluding carboxylic acids is 2. The van der Waals surface area contributed by atoms with Gasteiger partial charge >= 0.3 is 0 Å². The van der Waals surface area contributed by atoms with E-state index in [1.54, 1.807) is 11.9 Å². The number of amides is 2. The number of hydrogen-bond acceptors (Lipinski definition) is 4. The number of rotatable bonds is 6. The Labute approximate surface area is 150 Å². The summed E-state index contributed by atoms with van der Waals surface area (Å²) < 4.78 is 5.38. The molecule has 2 amide bonds. The molecule has 0 aliphatic carbocycles. The average molecular weight is 347 g/mol. The number of anilines is 1. The zero-order valence-electron chi connectivity index (χ0n) is 15.6. The number of carbonyl (C=O) groups is 2. The average Bonchev–Trinajstić information content (AvgIpc) is 2.60. The Balaban J connectivity index is 1.97. The molecule has 138 valence electrons. The second-order valence-corrected chi connectivity index (χ2v) is 6.88. The predicted molar refractivity (Wildman–Crippen MR) is 98.4 cm³/mol. The van der Waals surface area contributed by atoms with Crippen molar-refractivity contribution in [3.8, 4) is 0 Å². The van der Waals surface area contributed by atoms with Crippen LogP contribution in [0.5, 0.6) is 0 Å². The van der Waals surface area contributed by atoms with Crippen LogP contribution in [0.15, 0.2) is 24.3 Å². The van der Waals surface area contributed by atoms with E-state index in [1.165, 1.54) is 12.6 Å². The first kappa shape index (κ1) is 19.2. The molecule has 25 heavy (non-hydrogen) atoms. The molecule has 6 heteroatoms. The van der Waals surface area contributed by atoms with Crippen molar-refractivity contribution in [2.75, 3.05) is 38.3 Å². The highest BCUT2D eigenvalue weighted by molar-refractivity contribution is 5.86. The molecule has 1 unspecified atom stereocenters. The molecular weight excluding hydrogens is 318 g/mol. The van der Waals surface area contributed by atoms with Crippen LogP contribution in [0, 0.1) is 5.92 Å². The molecule has 1 fully saturated rings. The zero-order valence-corrected chi connectivity index (χ0v) is 15.6. The maximum atomic E-state index is 12.6. The third-order valence-corrected chi connectivity index (χ3v) is 4.40. The maximum absolute atomic E-state index is 12.6. The summed E-state index contributed by atoms with van der Waals surface area (Å²) in [6, 6.07) is 7.80. The minimum absolute atomic E-state index is 0.0440.